The highest BCUT2D eigenvalue weighted by molar-refractivity contribution is 6.33. The molecule has 0 radical (unpaired) electrons. The molecule has 1 N–H and O–H groups in total. The summed E-state index contributed by atoms with van der Waals surface area (Å²) in [6.07, 6.45) is 0. The molecule has 0 aliphatic heterocycles. The Kier molecular flexibility index (Phi) is 3.11. The van der Waals surface area contributed by atoms with Crippen LogP contribution < -0.4 is 5.32 Å². The number of hydrogen-bond acceptors (Lipinski definition) is 5. The van der Waals surface area contributed by atoms with Crippen LogP contribution in [0.1, 0.15) is 32.2 Å². The Bertz CT molecular complexity index is 603. The van der Waals surface area contributed by atoms with E-state index in [9.17, 15) is 0 Å². The largest absolute Gasteiger partial charge is 0.350 e. The summed E-state index contributed by atoms with van der Waals surface area (Å²) in [5.41, 5.74) is 2.61. The SMILES string of the molecule is Cc1nc2nc(NC(C)(C)C)nc(Cl)c2nc1C. The van der Waals surface area contributed by atoms with Crippen LogP contribution >= 0.6 is 11.6 Å². The van der Waals surface area contributed by atoms with Gasteiger partial charge in [0.15, 0.2) is 10.8 Å². The first-order valence-corrected chi connectivity index (χ1v) is 6.11. The predicted molar refractivity (Wildman–Crippen MR) is 73.0 cm³/mol. The third-order valence-electron chi connectivity index (χ3n) is 2.39. The summed E-state index contributed by atoms with van der Waals surface area (Å²) < 4.78 is 0. The Morgan fingerprint density at radius 2 is 1.56 bits per heavy atom. The first-order chi connectivity index (χ1) is 8.26. The minimum Gasteiger partial charge on any atom is -0.350 e. The molecule has 2 heterocycles. The lowest BCUT2D eigenvalue weighted by atomic mass is 10.1. The van der Waals surface area contributed by atoms with Gasteiger partial charge in [0.1, 0.15) is 5.52 Å². The molecular weight excluding hydrogens is 250 g/mol. The lowest BCUT2D eigenvalue weighted by molar-refractivity contribution is 0.626. The normalized spacial score (nSPS) is 11.9. The van der Waals surface area contributed by atoms with Crippen molar-refractivity contribution in [3.8, 4) is 0 Å². The fraction of sp³-hybridized carbons (Fsp3) is 0.500. The van der Waals surface area contributed by atoms with Crippen molar-refractivity contribution in [2.75, 3.05) is 5.32 Å². The average molecular weight is 266 g/mol. The highest BCUT2D eigenvalue weighted by Gasteiger charge is 2.15. The highest BCUT2D eigenvalue weighted by Crippen LogP contribution is 2.21. The number of anilines is 1. The minimum absolute atomic E-state index is 0.135. The van der Waals surface area contributed by atoms with Crippen LogP contribution in [0.5, 0.6) is 0 Å². The number of nitrogens with one attached hydrogen (secondary N) is 1. The van der Waals surface area contributed by atoms with Crippen molar-refractivity contribution in [1.82, 2.24) is 19.9 Å². The Balaban J connectivity index is 2.58. The van der Waals surface area contributed by atoms with Gasteiger partial charge in [-0.1, -0.05) is 11.6 Å². The van der Waals surface area contributed by atoms with Crippen molar-refractivity contribution in [1.29, 1.82) is 0 Å². The maximum absolute atomic E-state index is 6.12. The van der Waals surface area contributed by atoms with E-state index in [-0.39, 0.29) is 5.54 Å². The van der Waals surface area contributed by atoms with Gasteiger partial charge in [-0.2, -0.15) is 9.97 Å². The van der Waals surface area contributed by atoms with Gasteiger partial charge in [-0.25, -0.2) is 9.97 Å². The maximum Gasteiger partial charge on any atom is 0.226 e. The number of nitrogens with zero attached hydrogens (tertiary/aromatic N) is 4. The Morgan fingerprint density at radius 1 is 0.944 bits per heavy atom. The molecule has 0 amide bonds. The Labute approximate surface area is 111 Å². The maximum atomic E-state index is 6.12. The van der Waals surface area contributed by atoms with Crippen molar-refractivity contribution in [2.24, 2.45) is 0 Å². The second-order valence-electron chi connectivity index (χ2n) is 5.28. The van der Waals surface area contributed by atoms with E-state index < -0.39 is 0 Å². The van der Waals surface area contributed by atoms with Crippen LogP contribution in [-0.2, 0) is 0 Å². The van der Waals surface area contributed by atoms with Crippen LogP contribution in [0.4, 0.5) is 5.95 Å². The zero-order valence-electron chi connectivity index (χ0n) is 11.2. The van der Waals surface area contributed by atoms with E-state index in [1.807, 2.05) is 34.6 Å². The molecular formula is C12H16ClN5. The van der Waals surface area contributed by atoms with E-state index in [2.05, 4.69) is 25.3 Å². The second-order valence-corrected chi connectivity index (χ2v) is 5.64. The van der Waals surface area contributed by atoms with E-state index in [0.29, 0.717) is 22.3 Å². The number of aromatic nitrogens is 4. The number of aryl methyl sites for hydroxylation is 2. The molecule has 5 nitrogen and oxygen atoms in total. The van der Waals surface area contributed by atoms with Crippen LogP contribution in [0.25, 0.3) is 11.2 Å². The van der Waals surface area contributed by atoms with Gasteiger partial charge in [-0.15, -0.1) is 0 Å². The molecule has 0 spiro atoms. The molecule has 0 saturated carbocycles. The molecule has 0 unspecified atom stereocenters. The molecule has 0 aliphatic carbocycles. The molecule has 96 valence electrons. The van der Waals surface area contributed by atoms with E-state index in [1.54, 1.807) is 0 Å². The molecule has 2 rings (SSSR count). The van der Waals surface area contributed by atoms with E-state index in [4.69, 9.17) is 11.6 Å². The summed E-state index contributed by atoms with van der Waals surface area (Å²) in [4.78, 5) is 17.3. The third kappa shape index (κ3) is 2.67. The van der Waals surface area contributed by atoms with E-state index >= 15 is 0 Å². The third-order valence-corrected chi connectivity index (χ3v) is 2.65. The second kappa shape index (κ2) is 4.31. The van der Waals surface area contributed by atoms with Crippen molar-refractivity contribution in [2.45, 2.75) is 40.2 Å². The lowest BCUT2D eigenvalue weighted by Gasteiger charge is -2.20. The van der Waals surface area contributed by atoms with Crippen molar-refractivity contribution in [3.05, 3.63) is 16.5 Å². The van der Waals surface area contributed by atoms with Gasteiger partial charge in [-0.05, 0) is 34.6 Å². The molecule has 0 saturated heterocycles. The quantitative estimate of drug-likeness (QED) is 0.803. The zero-order chi connectivity index (χ0) is 13.5. The summed E-state index contributed by atoms with van der Waals surface area (Å²) in [6.45, 7) is 9.87. The van der Waals surface area contributed by atoms with E-state index in [1.165, 1.54) is 0 Å². The molecule has 0 bridgehead atoms. The summed E-state index contributed by atoms with van der Waals surface area (Å²) in [5, 5.41) is 3.50. The van der Waals surface area contributed by atoms with Crippen molar-refractivity contribution >= 4 is 28.7 Å². The van der Waals surface area contributed by atoms with Crippen molar-refractivity contribution < 1.29 is 0 Å². The Hall–Kier alpha value is -1.49. The smallest absolute Gasteiger partial charge is 0.226 e. The highest BCUT2D eigenvalue weighted by atomic mass is 35.5. The monoisotopic (exact) mass is 265 g/mol. The number of rotatable bonds is 1. The van der Waals surface area contributed by atoms with Gasteiger partial charge in [0.2, 0.25) is 5.95 Å². The average Bonchev–Trinajstić information content (AvgIpc) is 2.18. The number of hydrogen-bond donors (Lipinski definition) is 1. The Morgan fingerprint density at radius 3 is 2.17 bits per heavy atom. The predicted octanol–water partition coefficient (Wildman–Crippen LogP) is 2.90. The molecule has 2 aromatic heterocycles. The molecule has 0 aromatic carbocycles. The van der Waals surface area contributed by atoms with Gasteiger partial charge in [-0.3, -0.25) is 0 Å². The molecule has 6 heteroatoms. The summed E-state index contributed by atoms with van der Waals surface area (Å²) in [5.74, 6) is 0.470. The van der Waals surface area contributed by atoms with Gasteiger partial charge in [0.25, 0.3) is 0 Å². The molecule has 2 aromatic rings. The van der Waals surface area contributed by atoms with Gasteiger partial charge in [0.05, 0.1) is 11.4 Å². The van der Waals surface area contributed by atoms with Gasteiger partial charge < -0.3 is 5.32 Å². The molecule has 0 fully saturated rings. The molecule has 0 atom stereocenters. The van der Waals surface area contributed by atoms with Crippen LogP contribution in [-0.4, -0.2) is 25.5 Å². The summed E-state index contributed by atoms with van der Waals surface area (Å²) >= 11 is 6.12. The molecule has 18 heavy (non-hydrogen) atoms. The lowest BCUT2D eigenvalue weighted by Crippen LogP contribution is -2.27. The fourth-order valence-corrected chi connectivity index (χ4v) is 1.68. The first-order valence-electron chi connectivity index (χ1n) is 5.73. The van der Waals surface area contributed by atoms with E-state index in [0.717, 1.165) is 11.4 Å². The van der Waals surface area contributed by atoms with Gasteiger partial charge >= 0.3 is 0 Å². The molecule has 0 aliphatic rings. The fourth-order valence-electron chi connectivity index (χ4n) is 1.47. The standard InChI is InChI=1S/C12H16ClN5/c1-6-7(2)15-10-8(14-6)9(13)16-11(17-10)18-12(3,4)5/h1-5H3,(H,15,16,17,18). The number of halogens is 1. The first kappa shape index (κ1) is 13.0. The summed E-state index contributed by atoms with van der Waals surface area (Å²) in [6, 6.07) is 0. The van der Waals surface area contributed by atoms with Crippen LogP contribution in [0.15, 0.2) is 0 Å². The summed E-state index contributed by atoms with van der Waals surface area (Å²) in [7, 11) is 0. The minimum atomic E-state index is -0.135. The van der Waals surface area contributed by atoms with Crippen LogP contribution in [0.3, 0.4) is 0 Å². The van der Waals surface area contributed by atoms with Crippen molar-refractivity contribution in [3.63, 3.8) is 0 Å². The van der Waals surface area contributed by atoms with Gasteiger partial charge in [0, 0.05) is 5.54 Å². The zero-order valence-corrected chi connectivity index (χ0v) is 11.9. The van der Waals surface area contributed by atoms with Crippen LogP contribution in [0.2, 0.25) is 5.15 Å². The van der Waals surface area contributed by atoms with Crippen LogP contribution in [0, 0.1) is 13.8 Å². The number of fused-ring (bicyclic) bond motifs is 1. The topological polar surface area (TPSA) is 63.6 Å².